The van der Waals surface area contributed by atoms with Crippen molar-refractivity contribution in [2.24, 2.45) is 0 Å². The highest BCUT2D eigenvalue weighted by molar-refractivity contribution is 5.96. The van der Waals surface area contributed by atoms with Gasteiger partial charge in [0.2, 0.25) is 11.8 Å². The number of carbonyl (C=O) groups is 2. The molecule has 0 saturated carbocycles. The fourth-order valence-corrected chi connectivity index (χ4v) is 2.94. The highest BCUT2D eigenvalue weighted by Gasteiger charge is 2.21. The number of nitrogens with zero attached hydrogens (tertiary/aromatic N) is 1. The minimum atomic E-state index is -0.443. The average Bonchev–Trinajstić information content (AvgIpc) is 2.64. The summed E-state index contributed by atoms with van der Waals surface area (Å²) < 4.78 is 0. The number of aryl methyl sites for hydroxylation is 1. The number of carbonyl (C=O) groups excluding carboxylic acids is 2. The van der Waals surface area contributed by atoms with Gasteiger partial charge in [-0.2, -0.15) is 0 Å². The van der Waals surface area contributed by atoms with Gasteiger partial charge in [0.1, 0.15) is 0 Å². The third kappa shape index (κ3) is 6.16. The molecule has 5 nitrogen and oxygen atoms in total. The van der Waals surface area contributed by atoms with Crippen molar-refractivity contribution in [2.45, 2.75) is 53.0 Å². The topological polar surface area (TPSA) is 61.4 Å². The molecule has 2 rings (SSSR count). The Morgan fingerprint density at radius 1 is 1.00 bits per heavy atom. The van der Waals surface area contributed by atoms with Crippen molar-refractivity contribution in [3.63, 3.8) is 0 Å². The maximum Gasteiger partial charge on any atom is 0.241 e. The maximum absolute atomic E-state index is 12.6. The predicted octanol–water partition coefficient (Wildman–Crippen LogP) is 4.50. The Bertz CT molecular complexity index is 867. The molecular weight excluding hydrogens is 362 g/mol. The van der Waals surface area contributed by atoms with E-state index in [0.29, 0.717) is 0 Å². The summed E-state index contributed by atoms with van der Waals surface area (Å²) in [6, 6.07) is 13.3. The predicted molar refractivity (Wildman–Crippen MR) is 120 cm³/mol. The lowest BCUT2D eigenvalue weighted by Crippen LogP contribution is -2.43. The molecule has 0 heterocycles. The third-order valence-electron chi connectivity index (χ3n) is 5.33. The van der Waals surface area contributed by atoms with Gasteiger partial charge in [0, 0.05) is 11.4 Å². The molecule has 0 spiro atoms. The van der Waals surface area contributed by atoms with Crippen molar-refractivity contribution in [3.05, 3.63) is 59.2 Å². The van der Waals surface area contributed by atoms with Gasteiger partial charge < -0.3 is 10.6 Å². The second-order valence-electron chi connectivity index (χ2n) is 8.70. The molecule has 2 amide bonds. The highest BCUT2D eigenvalue weighted by Crippen LogP contribution is 2.23. The number of hydrogen-bond donors (Lipinski definition) is 2. The van der Waals surface area contributed by atoms with Gasteiger partial charge in [-0.25, -0.2) is 0 Å². The van der Waals surface area contributed by atoms with Crippen molar-refractivity contribution in [1.82, 2.24) is 4.90 Å². The van der Waals surface area contributed by atoms with E-state index in [0.717, 1.165) is 22.5 Å². The minimum Gasteiger partial charge on any atom is -0.325 e. The van der Waals surface area contributed by atoms with Gasteiger partial charge in [-0.3, -0.25) is 14.5 Å². The van der Waals surface area contributed by atoms with Crippen LogP contribution in [0.25, 0.3) is 0 Å². The van der Waals surface area contributed by atoms with Crippen molar-refractivity contribution < 1.29 is 9.59 Å². The molecule has 0 aliphatic heterocycles. The van der Waals surface area contributed by atoms with Gasteiger partial charge in [-0.15, -0.1) is 0 Å². The van der Waals surface area contributed by atoms with Crippen molar-refractivity contribution in [1.29, 1.82) is 0 Å². The number of likely N-dealkylation sites (N-methyl/N-ethyl adjacent to an activating group) is 1. The first-order valence-electron chi connectivity index (χ1n) is 9.96. The van der Waals surface area contributed by atoms with E-state index in [1.807, 2.05) is 56.3 Å². The van der Waals surface area contributed by atoms with E-state index in [-0.39, 0.29) is 23.8 Å². The molecule has 0 fully saturated rings. The number of rotatable bonds is 6. The van der Waals surface area contributed by atoms with Crippen molar-refractivity contribution >= 4 is 23.2 Å². The molecule has 1 atom stereocenters. The zero-order chi connectivity index (χ0) is 21.8. The van der Waals surface area contributed by atoms with E-state index in [4.69, 9.17) is 0 Å². The van der Waals surface area contributed by atoms with Crippen LogP contribution in [0.1, 0.15) is 44.4 Å². The van der Waals surface area contributed by atoms with Crippen LogP contribution in [0.3, 0.4) is 0 Å². The number of anilines is 2. The van der Waals surface area contributed by atoms with Gasteiger partial charge in [0.15, 0.2) is 0 Å². The first-order valence-corrected chi connectivity index (χ1v) is 9.96. The second kappa shape index (κ2) is 9.23. The summed E-state index contributed by atoms with van der Waals surface area (Å²) >= 11 is 0. The molecule has 0 aliphatic rings. The molecule has 2 aromatic carbocycles. The number of hydrogen-bond acceptors (Lipinski definition) is 3. The Morgan fingerprint density at radius 2 is 1.62 bits per heavy atom. The van der Waals surface area contributed by atoms with E-state index < -0.39 is 6.04 Å². The molecule has 5 heteroatoms. The Balaban J connectivity index is 1.93. The summed E-state index contributed by atoms with van der Waals surface area (Å²) in [5, 5.41) is 5.86. The van der Waals surface area contributed by atoms with Gasteiger partial charge in [-0.05, 0) is 68.1 Å². The summed E-state index contributed by atoms with van der Waals surface area (Å²) in [5.41, 5.74) is 5.01. The lowest BCUT2D eigenvalue weighted by atomic mass is 9.87. The number of benzene rings is 2. The standard InChI is InChI=1S/C24H33N3O2/c1-16-9-8-10-21(17(16)2)26-22(28)15-27(7)18(3)23(29)25-20-13-11-19(12-14-20)24(4,5)6/h8-14,18H,15H2,1-7H3,(H,25,29)(H,26,28). The highest BCUT2D eigenvalue weighted by atomic mass is 16.2. The third-order valence-corrected chi connectivity index (χ3v) is 5.33. The van der Waals surface area contributed by atoms with Crippen LogP contribution in [0.15, 0.2) is 42.5 Å². The Kier molecular flexibility index (Phi) is 7.20. The summed E-state index contributed by atoms with van der Waals surface area (Å²) in [6.45, 7) is 12.4. The molecule has 0 aliphatic carbocycles. The summed E-state index contributed by atoms with van der Waals surface area (Å²) in [6.07, 6.45) is 0. The molecule has 2 N–H and O–H groups in total. The van der Waals surface area contributed by atoms with Crippen LogP contribution in [0.4, 0.5) is 11.4 Å². The number of amides is 2. The van der Waals surface area contributed by atoms with Crippen LogP contribution in [-0.4, -0.2) is 36.3 Å². The lowest BCUT2D eigenvalue weighted by molar-refractivity contribution is -0.122. The van der Waals surface area contributed by atoms with Crippen LogP contribution >= 0.6 is 0 Å². The molecule has 2 aromatic rings. The molecule has 0 aromatic heterocycles. The largest absolute Gasteiger partial charge is 0.325 e. The molecule has 0 radical (unpaired) electrons. The zero-order valence-corrected chi connectivity index (χ0v) is 18.6. The normalized spacial score (nSPS) is 12.6. The lowest BCUT2D eigenvalue weighted by Gasteiger charge is -2.24. The SMILES string of the molecule is Cc1cccc(NC(=O)CN(C)C(C)C(=O)Nc2ccc(C(C)(C)C)cc2)c1C. The summed E-state index contributed by atoms with van der Waals surface area (Å²) in [4.78, 5) is 26.7. The van der Waals surface area contributed by atoms with Crippen LogP contribution in [0.5, 0.6) is 0 Å². The van der Waals surface area contributed by atoms with Gasteiger partial charge in [0.25, 0.3) is 0 Å². The Labute approximate surface area is 174 Å². The van der Waals surface area contributed by atoms with E-state index in [2.05, 4.69) is 31.4 Å². The second-order valence-corrected chi connectivity index (χ2v) is 8.70. The summed E-state index contributed by atoms with van der Waals surface area (Å²) in [5.74, 6) is -0.286. The fraction of sp³-hybridized carbons (Fsp3) is 0.417. The van der Waals surface area contributed by atoms with Crippen molar-refractivity contribution in [2.75, 3.05) is 24.2 Å². The molecule has 0 bridgehead atoms. The first kappa shape index (κ1) is 22.6. The zero-order valence-electron chi connectivity index (χ0n) is 18.6. The number of nitrogens with one attached hydrogen (secondary N) is 2. The van der Waals surface area contributed by atoms with E-state index in [1.165, 1.54) is 5.56 Å². The van der Waals surface area contributed by atoms with Crippen LogP contribution in [0.2, 0.25) is 0 Å². The van der Waals surface area contributed by atoms with Crippen LogP contribution in [0, 0.1) is 13.8 Å². The quantitative estimate of drug-likeness (QED) is 0.757. The summed E-state index contributed by atoms with van der Waals surface area (Å²) in [7, 11) is 1.77. The van der Waals surface area contributed by atoms with E-state index in [1.54, 1.807) is 18.9 Å². The maximum atomic E-state index is 12.6. The molecule has 156 valence electrons. The first-order chi connectivity index (χ1) is 13.5. The van der Waals surface area contributed by atoms with Crippen LogP contribution < -0.4 is 10.6 Å². The van der Waals surface area contributed by atoms with E-state index in [9.17, 15) is 9.59 Å². The van der Waals surface area contributed by atoms with Gasteiger partial charge in [0.05, 0.1) is 12.6 Å². The molecular formula is C24H33N3O2. The van der Waals surface area contributed by atoms with Crippen molar-refractivity contribution in [3.8, 4) is 0 Å². The van der Waals surface area contributed by atoms with E-state index >= 15 is 0 Å². The minimum absolute atomic E-state index is 0.0685. The monoisotopic (exact) mass is 395 g/mol. The average molecular weight is 396 g/mol. The smallest absolute Gasteiger partial charge is 0.241 e. The molecule has 1 unspecified atom stereocenters. The molecule has 29 heavy (non-hydrogen) atoms. The molecule has 0 saturated heterocycles. The Morgan fingerprint density at radius 3 is 2.21 bits per heavy atom. The van der Waals surface area contributed by atoms with Crippen LogP contribution in [-0.2, 0) is 15.0 Å². The Hall–Kier alpha value is -2.66. The fourth-order valence-electron chi connectivity index (χ4n) is 2.94. The van der Waals surface area contributed by atoms with Gasteiger partial charge >= 0.3 is 0 Å². The van der Waals surface area contributed by atoms with Gasteiger partial charge in [-0.1, -0.05) is 45.0 Å².